The quantitative estimate of drug-likeness (QED) is 0.586. The van der Waals surface area contributed by atoms with Crippen molar-refractivity contribution in [2.24, 2.45) is 0 Å². The lowest BCUT2D eigenvalue weighted by Gasteiger charge is -2.12. The molecule has 0 saturated heterocycles. The number of benzene rings is 2. The van der Waals surface area contributed by atoms with Gasteiger partial charge in [0, 0.05) is 17.7 Å². The fraction of sp³-hybridized carbons (Fsp3) is 0.238. The summed E-state index contributed by atoms with van der Waals surface area (Å²) in [6.45, 7) is 4.09. The SMILES string of the molecule is COc1cc(O)cc(/C=C/c2cc(O)cc(OC)c2CC=C(C)C)c1. The monoisotopic (exact) mass is 340 g/mol. The Bertz CT molecular complexity index is 800. The molecular formula is C21H24O4. The molecule has 0 amide bonds. The van der Waals surface area contributed by atoms with Crippen molar-refractivity contribution < 1.29 is 19.7 Å². The minimum Gasteiger partial charge on any atom is -0.508 e. The first-order valence-electron chi connectivity index (χ1n) is 8.02. The van der Waals surface area contributed by atoms with Crippen LogP contribution in [-0.2, 0) is 6.42 Å². The molecule has 2 rings (SSSR count). The van der Waals surface area contributed by atoms with Crippen LogP contribution in [0.5, 0.6) is 23.0 Å². The third kappa shape index (κ3) is 5.05. The molecule has 0 heterocycles. The maximum absolute atomic E-state index is 9.96. The van der Waals surface area contributed by atoms with Gasteiger partial charge in [-0.15, -0.1) is 0 Å². The van der Waals surface area contributed by atoms with E-state index in [1.54, 1.807) is 38.5 Å². The molecule has 0 radical (unpaired) electrons. The van der Waals surface area contributed by atoms with Crippen molar-refractivity contribution >= 4 is 12.2 Å². The second-order valence-electron chi connectivity index (χ2n) is 6.00. The van der Waals surface area contributed by atoms with Crippen LogP contribution in [0.3, 0.4) is 0 Å². The Hall–Kier alpha value is -2.88. The Morgan fingerprint density at radius 1 is 0.920 bits per heavy atom. The number of ether oxygens (including phenoxy) is 2. The minimum absolute atomic E-state index is 0.136. The fourth-order valence-electron chi connectivity index (χ4n) is 2.51. The van der Waals surface area contributed by atoms with Crippen LogP contribution in [0.2, 0.25) is 0 Å². The molecule has 25 heavy (non-hydrogen) atoms. The summed E-state index contributed by atoms with van der Waals surface area (Å²) in [5, 5.41) is 19.7. The molecule has 2 aromatic carbocycles. The van der Waals surface area contributed by atoms with Gasteiger partial charge in [0.25, 0.3) is 0 Å². The highest BCUT2D eigenvalue weighted by atomic mass is 16.5. The molecule has 0 aromatic heterocycles. The van der Waals surface area contributed by atoms with Gasteiger partial charge in [0.2, 0.25) is 0 Å². The van der Waals surface area contributed by atoms with Crippen LogP contribution in [0.25, 0.3) is 12.2 Å². The molecule has 0 aliphatic carbocycles. The molecule has 0 fully saturated rings. The van der Waals surface area contributed by atoms with Crippen LogP contribution < -0.4 is 9.47 Å². The molecule has 0 bridgehead atoms. The number of allylic oxidation sites excluding steroid dienone is 2. The van der Waals surface area contributed by atoms with Gasteiger partial charge in [0.15, 0.2) is 0 Å². The first-order valence-corrected chi connectivity index (χ1v) is 8.02. The van der Waals surface area contributed by atoms with Crippen molar-refractivity contribution in [2.75, 3.05) is 14.2 Å². The summed E-state index contributed by atoms with van der Waals surface area (Å²) in [5.74, 6) is 1.51. The maximum Gasteiger partial charge on any atom is 0.126 e. The minimum atomic E-state index is 0.136. The van der Waals surface area contributed by atoms with E-state index in [9.17, 15) is 10.2 Å². The molecule has 0 spiro atoms. The fourth-order valence-corrected chi connectivity index (χ4v) is 2.51. The summed E-state index contributed by atoms with van der Waals surface area (Å²) in [6, 6.07) is 8.34. The highest BCUT2D eigenvalue weighted by Gasteiger charge is 2.09. The molecule has 0 aliphatic heterocycles. The van der Waals surface area contributed by atoms with E-state index >= 15 is 0 Å². The number of phenolic OH excluding ortho intramolecular Hbond substituents is 2. The van der Waals surface area contributed by atoms with Gasteiger partial charge in [-0.2, -0.15) is 0 Å². The molecule has 4 heteroatoms. The zero-order valence-electron chi connectivity index (χ0n) is 15.0. The average Bonchev–Trinajstić information content (AvgIpc) is 2.57. The number of hydrogen-bond donors (Lipinski definition) is 2. The highest BCUT2D eigenvalue weighted by Crippen LogP contribution is 2.31. The average molecular weight is 340 g/mol. The van der Waals surface area contributed by atoms with Gasteiger partial charge in [0.05, 0.1) is 14.2 Å². The highest BCUT2D eigenvalue weighted by molar-refractivity contribution is 5.74. The Balaban J connectivity index is 2.45. The molecule has 4 nitrogen and oxygen atoms in total. The summed E-state index contributed by atoms with van der Waals surface area (Å²) in [6.07, 6.45) is 6.57. The van der Waals surface area contributed by atoms with Crippen LogP contribution in [0.4, 0.5) is 0 Å². The van der Waals surface area contributed by atoms with E-state index in [0.717, 1.165) is 16.7 Å². The summed E-state index contributed by atoms with van der Waals surface area (Å²) in [7, 11) is 3.15. The van der Waals surface area contributed by atoms with Gasteiger partial charge in [0.1, 0.15) is 23.0 Å². The third-order valence-electron chi connectivity index (χ3n) is 3.77. The van der Waals surface area contributed by atoms with Gasteiger partial charge >= 0.3 is 0 Å². The zero-order valence-corrected chi connectivity index (χ0v) is 15.0. The van der Waals surface area contributed by atoms with Gasteiger partial charge in [-0.05, 0) is 49.6 Å². The van der Waals surface area contributed by atoms with Crippen molar-refractivity contribution in [3.8, 4) is 23.0 Å². The Morgan fingerprint density at radius 3 is 2.28 bits per heavy atom. The lowest BCUT2D eigenvalue weighted by Crippen LogP contribution is -1.95. The van der Waals surface area contributed by atoms with Crippen LogP contribution in [0, 0.1) is 0 Å². The summed E-state index contributed by atoms with van der Waals surface area (Å²) in [5.41, 5.74) is 3.86. The molecule has 132 valence electrons. The molecule has 0 unspecified atom stereocenters. The first kappa shape index (κ1) is 18.5. The normalized spacial score (nSPS) is 10.7. The first-order chi connectivity index (χ1) is 11.9. The number of rotatable bonds is 6. The number of aromatic hydroxyl groups is 2. The van der Waals surface area contributed by atoms with Crippen LogP contribution >= 0.6 is 0 Å². The van der Waals surface area contributed by atoms with Gasteiger partial charge in [-0.25, -0.2) is 0 Å². The topological polar surface area (TPSA) is 58.9 Å². The van der Waals surface area contributed by atoms with Crippen molar-refractivity contribution in [2.45, 2.75) is 20.3 Å². The van der Waals surface area contributed by atoms with E-state index in [0.29, 0.717) is 17.9 Å². The zero-order chi connectivity index (χ0) is 18.4. The second kappa shape index (κ2) is 8.29. The number of hydrogen-bond acceptors (Lipinski definition) is 4. The maximum atomic E-state index is 9.96. The second-order valence-corrected chi connectivity index (χ2v) is 6.00. The molecule has 2 N–H and O–H groups in total. The Kier molecular flexibility index (Phi) is 6.12. The van der Waals surface area contributed by atoms with Gasteiger partial charge in [-0.3, -0.25) is 0 Å². The standard InChI is InChI=1S/C21H24O4/c1-14(2)5-8-20-16(11-18(23)13-21(20)25-4)7-6-15-9-17(22)12-19(10-15)24-3/h5-7,9-13,22-23H,8H2,1-4H3/b7-6+. The predicted octanol–water partition coefficient (Wildman–Crippen LogP) is 4.79. The number of methoxy groups -OCH3 is 2. The molecular weight excluding hydrogens is 316 g/mol. The van der Waals surface area contributed by atoms with E-state index in [1.165, 1.54) is 5.57 Å². The van der Waals surface area contributed by atoms with Crippen LogP contribution in [0.1, 0.15) is 30.5 Å². The summed E-state index contributed by atoms with van der Waals surface area (Å²) >= 11 is 0. The molecule has 2 aromatic rings. The largest absolute Gasteiger partial charge is 0.508 e. The predicted molar refractivity (Wildman–Crippen MR) is 101 cm³/mol. The van der Waals surface area contributed by atoms with Crippen molar-refractivity contribution in [3.63, 3.8) is 0 Å². The van der Waals surface area contributed by atoms with Crippen LogP contribution in [0.15, 0.2) is 42.0 Å². The van der Waals surface area contributed by atoms with Crippen molar-refractivity contribution in [1.29, 1.82) is 0 Å². The molecule has 0 aliphatic rings. The molecule has 0 saturated carbocycles. The van der Waals surface area contributed by atoms with E-state index in [-0.39, 0.29) is 11.5 Å². The van der Waals surface area contributed by atoms with E-state index in [4.69, 9.17) is 9.47 Å². The van der Waals surface area contributed by atoms with Gasteiger partial charge < -0.3 is 19.7 Å². The lowest BCUT2D eigenvalue weighted by molar-refractivity contribution is 0.403. The summed E-state index contributed by atoms with van der Waals surface area (Å²) < 4.78 is 10.6. The Morgan fingerprint density at radius 2 is 1.64 bits per heavy atom. The van der Waals surface area contributed by atoms with E-state index in [2.05, 4.69) is 6.08 Å². The molecule has 0 atom stereocenters. The summed E-state index contributed by atoms with van der Waals surface area (Å²) in [4.78, 5) is 0. The lowest BCUT2D eigenvalue weighted by atomic mass is 10.00. The third-order valence-corrected chi connectivity index (χ3v) is 3.77. The van der Waals surface area contributed by atoms with E-state index < -0.39 is 0 Å². The van der Waals surface area contributed by atoms with Crippen LogP contribution in [-0.4, -0.2) is 24.4 Å². The Labute approximate surface area is 148 Å². The number of phenols is 2. The smallest absolute Gasteiger partial charge is 0.126 e. The van der Waals surface area contributed by atoms with Crippen molar-refractivity contribution in [3.05, 3.63) is 58.7 Å². The van der Waals surface area contributed by atoms with E-state index in [1.807, 2.05) is 32.1 Å². The van der Waals surface area contributed by atoms with Crippen molar-refractivity contribution in [1.82, 2.24) is 0 Å². The van der Waals surface area contributed by atoms with Gasteiger partial charge in [-0.1, -0.05) is 23.8 Å².